The Kier molecular flexibility index (Phi) is 4.63. The molecule has 1 aromatic rings. The van der Waals surface area contributed by atoms with Crippen molar-refractivity contribution in [1.29, 1.82) is 0 Å². The van der Waals surface area contributed by atoms with Crippen molar-refractivity contribution in [2.24, 2.45) is 11.8 Å². The molecule has 0 radical (unpaired) electrons. The van der Waals surface area contributed by atoms with E-state index in [4.69, 9.17) is 9.47 Å². The SMILES string of the molecule is COc1ccccc1OCC(C(=O)O)C1CCNC1. The molecule has 1 saturated heterocycles. The number of carbonyl (C=O) groups is 1. The molecule has 1 fully saturated rings. The van der Waals surface area contributed by atoms with Crippen LogP contribution in [0.5, 0.6) is 11.5 Å². The van der Waals surface area contributed by atoms with Crippen LogP contribution in [0, 0.1) is 11.8 Å². The van der Waals surface area contributed by atoms with Crippen molar-refractivity contribution in [2.75, 3.05) is 26.8 Å². The van der Waals surface area contributed by atoms with Gasteiger partial charge in [0, 0.05) is 0 Å². The number of benzene rings is 1. The van der Waals surface area contributed by atoms with Gasteiger partial charge in [-0.25, -0.2) is 0 Å². The summed E-state index contributed by atoms with van der Waals surface area (Å²) in [6.07, 6.45) is 0.881. The van der Waals surface area contributed by atoms with Crippen molar-refractivity contribution < 1.29 is 19.4 Å². The lowest BCUT2D eigenvalue weighted by atomic mass is 9.92. The van der Waals surface area contributed by atoms with E-state index in [-0.39, 0.29) is 12.5 Å². The van der Waals surface area contributed by atoms with Crippen LogP contribution in [0.4, 0.5) is 0 Å². The van der Waals surface area contributed by atoms with E-state index < -0.39 is 11.9 Å². The van der Waals surface area contributed by atoms with E-state index in [2.05, 4.69) is 5.32 Å². The second-order valence-corrected chi connectivity index (χ2v) is 4.66. The molecule has 1 aromatic carbocycles. The summed E-state index contributed by atoms with van der Waals surface area (Å²) < 4.78 is 10.8. The van der Waals surface area contributed by atoms with E-state index in [1.54, 1.807) is 19.2 Å². The molecule has 0 amide bonds. The molecule has 5 heteroatoms. The van der Waals surface area contributed by atoms with Crippen LogP contribution < -0.4 is 14.8 Å². The first kappa shape index (κ1) is 13.7. The molecule has 2 atom stereocenters. The molecular formula is C14H19NO4. The summed E-state index contributed by atoms with van der Waals surface area (Å²) in [5.41, 5.74) is 0. The molecule has 0 saturated carbocycles. The monoisotopic (exact) mass is 265 g/mol. The van der Waals surface area contributed by atoms with Crippen LogP contribution in [-0.2, 0) is 4.79 Å². The molecule has 2 unspecified atom stereocenters. The van der Waals surface area contributed by atoms with Gasteiger partial charge in [0.25, 0.3) is 0 Å². The van der Waals surface area contributed by atoms with Crippen molar-refractivity contribution in [3.63, 3.8) is 0 Å². The number of hydrogen-bond donors (Lipinski definition) is 2. The number of methoxy groups -OCH3 is 1. The number of aliphatic carboxylic acids is 1. The van der Waals surface area contributed by atoms with Crippen molar-refractivity contribution in [1.82, 2.24) is 5.32 Å². The highest BCUT2D eigenvalue weighted by atomic mass is 16.5. The molecule has 104 valence electrons. The number of hydrogen-bond acceptors (Lipinski definition) is 4. The Morgan fingerprint density at radius 2 is 2.21 bits per heavy atom. The fraction of sp³-hybridized carbons (Fsp3) is 0.500. The Morgan fingerprint density at radius 1 is 1.47 bits per heavy atom. The van der Waals surface area contributed by atoms with Crippen molar-refractivity contribution in [3.05, 3.63) is 24.3 Å². The van der Waals surface area contributed by atoms with E-state index >= 15 is 0 Å². The maximum absolute atomic E-state index is 11.3. The fourth-order valence-electron chi connectivity index (χ4n) is 2.35. The standard InChI is InChI=1S/C14H19NO4/c1-18-12-4-2-3-5-13(12)19-9-11(14(16)17)10-6-7-15-8-10/h2-5,10-11,15H,6-9H2,1H3,(H,16,17). The Labute approximate surface area is 112 Å². The first-order valence-corrected chi connectivity index (χ1v) is 6.41. The molecule has 5 nitrogen and oxygen atoms in total. The lowest BCUT2D eigenvalue weighted by Gasteiger charge is -2.19. The van der Waals surface area contributed by atoms with Gasteiger partial charge in [0.15, 0.2) is 11.5 Å². The summed E-state index contributed by atoms with van der Waals surface area (Å²) in [7, 11) is 1.57. The lowest BCUT2D eigenvalue weighted by molar-refractivity contribution is -0.144. The van der Waals surface area contributed by atoms with Crippen LogP contribution >= 0.6 is 0 Å². The molecule has 0 aliphatic carbocycles. The second-order valence-electron chi connectivity index (χ2n) is 4.66. The van der Waals surface area contributed by atoms with Crippen molar-refractivity contribution in [3.8, 4) is 11.5 Å². The Hall–Kier alpha value is -1.75. The molecule has 1 heterocycles. The minimum atomic E-state index is -0.802. The molecule has 0 spiro atoms. The van der Waals surface area contributed by atoms with Gasteiger partial charge in [0.05, 0.1) is 13.0 Å². The van der Waals surface area contributed by atoms with E-state index in [1.165, 1.54) is 0 Å². The van der Waals surface area contributed by atoms with E-state index in [0.29, 0.717) is 11.5 Å². The average molecular weight is 265 g/mol. The summed E-state index contributed by atoms with van der Waals surface area (Å²) in [4.78, 5) is 11.3. The highest BCUT2D eigenvalue weighted by molar-refractivity contribution is 5.70. The first-order valence-electron chi connectivity index (χ1n) is 6.41. The van der Waals surface area contributed by atoms with E-state index in [0.717, 1.165) is 19.5 Å². The van der Waals surface area contributed by atoms with Gasteiger partial charge in [-0.05, 0) is 37.6 Å². The summed E-state index contributed by atoms with van der Waals surface area (Å²) >= 11 is 0. The third-order valence-electron chi connectivity index (χ3n) is 3.47. The van der Waals surface area contributed by atoms with Crippen LogP contribution in [0.25, 0.3) is 0 Å². The smallest absolute Gasteiger partial charge is 0.310 e. The molecule has 1 aliphatic rings. The lowest BCUT2D eigenvalue weighted by Crippen LogP contribution is -2.30. The average Bonchev–Trinajstić information content (AvgIpc) is 2.93. The van der Waals surface area contributed by atoms with Crippen molar-refractivity contribution in [2.45, 2.75) is 6.42 Å². The van der Waals surface area contributed by atoms with Crippen LogP contribution in [0.1, 0.15) is 6.42 Å². The van der Waals surface area contributed by atoms with Gasteiger partial charge in [-0.3, -0.25) is 4.79 Å². The molecule has 2 rings (SSSR count). The summed E-state index contributed by atoms with van der Waals surface area (Å²) in [6.45, 7) is 1.79. The third kappa shape index (κ3) is 3.38. The zero-order valence-electron chi connectivity index (χ0n) is 11.0. The molecule has 0 bridgehead atoms. The second kappa shape index (κ2) is 6.43. The van der Waals surface area contributed by atoms with Gasteiger partial charge in [-0.1, -0.05) is 12.1 Å². The Bertz CT molecular complexity index is 429. The largest absolute Gasteiger partial charge is 0.493 e. The number of para-hydroxylation sites is 2. The van der Waals surface area contributed by atoms with Gasteiger partial charge in [-0.2, -0.15) is 0 Å². The predicted molar refractivity (Wildman–Crippen MR) is 70.6 cm³/mol. The fourth-order valence-corrected chi connectivity index (χ4v) is 2.35. The van der Waals surface area contributed by atoms with E-state index in [1.807, 2.05) is 12.1 Å². The minimum Gasteiger partial charge on any atom is -0.493 e. The normalized spacial score (nSPS) is 19.9. The van der Waals surface area contributed by atoms with E-state index in [9.17, 15) is 9.90 Å². The first-order chi connectivity index (χ1) is 9.22. The topological polar surface area (TPSA) is 67.8 Å². The summed E-state index contributed by atoms with van der Waals surface area (Å²) in [5, 5.41) is 12.5. The number of ether oxygens (including phenoxy) is 2. The minimum absolute atomic E-state index is 0.132. The van der Waals surface area contributed by atoms with Gasteiger partial charge in [0.2, 0.25) is 0 Å². The Balaban J connectivity index is 2.00. The number of carboxylic acids is 1. The maximum Gasteiger partial charge on any atom is 0.310 e. The number of rotatable bonds is 6. The van der Waals surface area contributed by atoms with Crippen LogP contribution in [0.3, 0.4) is 0 Å². The van der Waals surface area contributed by atoms with Crippen molar-refractivity contribution >= 4 is 5.97 Å². The van der Waals surface area contributed by atoms with Gasteiger partial charge < -0.3 is 19.9 Å². The van der Waals surface area contributed by atoms with Gasteiger partial charge in [0.1, 0.15) is 6.61 Å². The molecule has 1 aliphatic heterocycles. The van der Waals surface area contributed by atoms with Crippen LogP contribution in [-0.4, -0.2) is 37.9 Å². The molecular weight excluding hydrogens is 246 g/mol. The summed E-state index contributed by atoms with van der Waals surface area (Å²) in [6, 6.07) is 7.26. The van der Waals surface area contributed by atoms with Crippen LogP contribution in [0.15, 0.2) is 24.3 Å². The van der Waals surface area contributed by atoms with Gasteiger partial charge in [-0.15, -0.1) is 0 Å². The quantitative estimate of drug-likeness (QED) is 0.813. The molecule has 19 heavy (non-hydrogen) atoms. The van der Waals surface area contributed by atoms with Gasteiger partial charge >= 0.3 is 5.97 Å². The zero-order chi connectivity index (χ0) is 13.7. The predicted octanol–water partition coefficient (Wildman–Crippen LogP) is 1.38. The number of carboxylic acid groups (broad SMARTS) is 1. The highest BCUT2D eigenvalue weighted by Crippen LogP contribution is 2.28. The number of nitrogens with one attached hydrogen (secondary N) is 1. The van der Waals surface area contributed by atoms with Crippen LogP contribution in [0.2, 0.25) is 0 Å². The molecule has 0 aromatic heterocycles. The zero-order valence-corrected chi connectivity index (χ0v) is 11.0. The highest BCUT2D eigenvalue weighted by Gasteiger charge is 2.31. The Morgan fingerprint density at radius 3 is 2.79 bits per heavy atom. The third-order valence-corrected chi connectivity index (χ3v) is 3.47. The summed E-state index contributed by atoms with van der Waals surface area (Å²) in [5.74, 6) is 0.0501. The maximum atomic E-state index is 11.3. The molecule has 2 N–H and O–H groups in total.